The number of nitrogens with one attached hydrogen (secondary N) is 1. The Morgan fingerprint density at radius 2 is 1.89 bits per heavy atom. The van der Waals surface area contributed by atoms with Crippen LogP contribution in [0, 0.1) is 30.9 Å². The molecule has 1 aromatic carbocycles. The zero-order valence-corrected chi connectivity index (χ0v) is 16.2. The van der Waals surface area contributed by atoms with Crippen molar-refractivity contribution in [3.63, 3.8) is 0 Å². The molecule has 0 fully saturated rings. The molecule has 2 heterocycles. The van der Waals surface area contributed by atoms with E-state index in [1.165, 1.54) is 4.68 Å². The molecule has 0 aliphatic rings. The number of benzene rings is 1. The normalized spacial score (nSPS) is 12.0. The van der Waals surface area contributed by atoms with Gasteiger partial charge in [-0.1, -0.05) is 30.3 Å². The van der Waals surface area contributed by atoms with Crippen LogP contribution in [-0.4, -0.2) is 30.4 Å². The lowest BCUT2D eigenvalue weighted by atomic mass is 10.2. The number of aromatic nitrogens is 4. The smallest absolute Gasteiger partial charge is 0.309 e. The van der Waals surface area contributed by atoms with Crippen LogP contribution in [-0.2, 0) is 11.3 Å². The van der Waals surface area contributed by atoms with E-state index in [0.29, 0.717) is 23.6 Å². The third-order valence-corrected chi connectivity index (χ3v) is 4.77. The van der Waals surface area contributed by atoms with E-state index in [4.69, 9.17) is 0 Å². The van der Waals surface area contributed by atoms with Crippen LogP contribution >= 0.6 is 0 Å². The zero-order valence-electron chi connectivity index (χ0n) is 16.2. The summed E-state index contributed by atoms with van der Waals surface area (Å²) in [6, 6.07) is 9.23. The van der Waals surface area contributed by atoms with Crippen molar-refractivity contribution >= 4 is 17.3 Å². The summed E-state index contributed by atoms with van der Waals surface area (Å²) in [6.07, 6.45) is 1.16. The van der Waals surface area contributed by atoms with Gasteiger partial charge < -0.3 is 5.32 Å². The predicted octanol–water partition coefficient (Wildman–Crippen LogP) is 3.16. The molecule has 0 aliphatic carbocycles. The number of carbonyl (C=O) groups excluding carboxylic acids is 1. The Bertz CT molecular complexity index is 1020. The Labute approximate surface area is 162 Å². The summed E-state index contributed by atoms with van der Waals surface area (Å²) in [5.41, 5.74) is 3.52. The first-order chi connectivity index (χ1) is 13.3. The minimum absolute atomic E-state index is 0.109. The molecule has 9 heteroatoms. The van der Waals surface area contributed by atoms with Crippen molar-refractivity contribution < 1.29 is 9.72 Å². The summed E-state index contributed by atoms with van der Waals surface area (Å²) >= 11 is 0. The number of anilines is 1. The molecule has 3 rings (SSSR count). The molecule has 1 amide bonds. The van der Waals surface area contributed by atoms with E-state index in [-0.39, 0.29) is 11.6 Å². The summed E-state index contributed by atoms with van der Waals surface area (Å²) in [5.74, 6) is -0.313. The number of amides is 1. The van der Waals surface area contributed by atoms with Crippen LogP contribution in [0.25, 0.3) is 0 Å². The highest BCUT2D eigenvalue weighted by molar-refractivity contribution is 5.94. The number of nitrogens with zero attached hydrogens (tertiary/aromatic N) is 5. The lowest BCUT2D eigenvalue weighted by Gasteiger charge is -2.14. The summed E-state index contributed by atoms with van der Waals surface area (Å²) in [5, 5.41) is 22.4. The van der Waals surface area contributed by atoms with Gasteiger partial charge in [-0.05, 0) is 33.3 Å². The molecule has 9 nitrogen and oxygen atoms in total. The number of aryl methyl sites for hydroxylation is 1. The fourth-order valence-corrected chi connectivity index (χ4v) is 3.11. The Kier molecular flexibility index (Phi) is 5.25. The standard InChI is InChI=1S/C19H22N6O3/c1-12-18(14(3)23(22-12)11-16-8-6-5-7-9-16)21-19(26)15(4)24-13(2)17(10-20-24)25(27)28/h5-10,15H,11H2,1-4H3,(H,21,26). The van der Waals surface area contributed by atoms with Crippen molar-refractivity contribution in [2.75, 3.05) is 5.32 Å². The molecular weight excluding hydrogens is 360 g/mol. The molecule has 3 aromatic rings. The van der Waals surface area contributed by atoms with Gasteiger partial charge in [-0.25, -0.2) is 0 Å². The second-order valence-corrected chi connectivity index (χ2v) is 6.67. The van der Waals surface area contributed by atoms with Crippen LogP contribution in [0.3, 0.4) is 0 Å². The third kappa shape index (κ3) is 3.64. The molecule has 0 saturated carbocycles. The maximum atomic E-state index is 12.7. The lowest BCUT2D eigenvalue weighted by molar-refractivity contribution is -0.385. The van der Waals surface area contributed by atoms with E-state index in [9.17, 15) is 14.9 Å². The molecule has 1 unspecified atom stereocenters. The van der Waals surface area contributed by atoms with Crippen molar-refractivity contribution in [3.8, 4) is 0 Å². The second-order valence-electron chi connectivity index (χ2n) is 6.67. The third-order valence-electron chi connectivity index (χ3n) is 4.77. The van der Waals surface area contributed by atoms with Gasteiger partial charge in [0, 0.05) is 0 Å². The topological polar surface area (TPSA) is 108 Å². The molecule has 0 bridgehead atoms. The van der Waals surface area contributed by atoms with Crippen LogP contribution in [0.2, 0.25) is 0 Å². The minimum Gasteiger partial charge on any atom is -0.321 e. The number of nitro groups is 1. The maximum absolute atomic E-state index is 12.7. The first-order valence-corrected chi connectivity index (χ1v) is 8.87. The first kappa shape index (κ1) is 19.3. The molecule has 0 spiro atoms. The molecule has 28 heavy (non-hydrogen) atoms. The fraction of sp³-hybridized carbons (Fsp3) is 0.316. The second kappa shape index (κ2) is 7.63. The van der Waals surface area contributed by atoms with Gasteiger partial charge in [-0.2, -0.15) is 10.2 Å². The number of carbonyl (C=O) groups is 1. The molecule has 1 N–H and O–H groups in total. The Hall–Kier alpha value is -3.49. The molecule has 1 atom stereocenters. The van der Waals surface area contributed by atoms with E-state index >= 15 is 0 Å². The van der Waals surface area contributed by atoms with Gasteiger partial charge in [-0.15, -0.1) is 0 Å². The van der Waals surface area contributed by atoms with E-state index in [1.807, 2.05) is 48.9 Å². The van der Waals surface area contributed by atoms with Crippen LogP contribution in [0.4, 0.5) is 11.4 Å². The molecule has 146 valence electrons. The van der Waals surface area contributed by atoms with Crippen molar-refractivity contribution in [1.82, 2.24) is 19.6 Å². The van der Waals surface area contributed by atoms with E-state index in [1.54, 1.807) is 13.8 Å². The quantitative estimate of drug-likeness (QED) is 0.520. The molecule has 0 saturated heterocycles. The van der Waals surface area contributed by atoms with Gasteiger partial charge in [0.15, 0.2) is 0 Å². The van der Waals surface area contributed by atoms with Crippen LogP contribution in [0.5, 0.6) is 0 Å². The molecular formula is C19H22N6O3. The van der Waals surface area contributed by atoms with Crippen LogP contribution < -0.4 is 5.32 Å². The molecule has 2 aromatic heterocycles. The van der Waals surface area contributed by atoms with Gasteiger partial charge in [0.05, 0.1) is 28.5 Å². The zero-order chi connectivity index (χ0) is 20.4. The monoisotopic (exact) mass is 382 g/mol. The average molecular weight is 382 g/mol. The summed E-state index contributed by atoms with van der Waals surface area (Å²) < 4.78 is 3.20. The highest BCUT2D eigenvalue weighted by Crippen LogP contribution is 2.24. The van der Waals surface area contributed by atoms with Crippen LogP contribution in [0.15, 0.2) is 36.5 Å². The number of hydrogen-bond acceptors (Lipinski definition) is 5. The summed E-state index contributed by atoms with van der Waals surface area (Å²) in [6.45, 7) is 7.55. The van der Waals surface area contributed by atoms with Gasteiger partial charge in [-0.3, -0.25) is 24.3 Å². The van der Waals surface area contributed by atoms with Gasteiger partial charge in [0.2, 0.25) is 5.91 Å². The maximum Gasteiger partial charge on any atom is 0.309 e. The van der Waals surface area contributed by atoms with E-state index in [2.05, 4.69) is 15.5 Å². The van der Waals surface area contributed by atoms with Gasteiger partial charge in [0.25, 0.3) is 0 Å². The minimum atomic E-state index is -0.704. The summed E-state index contributed by atoms with van der Waals surface area (Å²) in [4.78, 5) is 23.2. The van der Waals surface area contributed by atoms with E-state index in [0.717, 1.165) is 17.5 Å². The molecule has 0 aliphatic heterocycles. The van der Waals surface area contributed by atoms with Gasteiger partial charge >= 0.3 is 5.69 Å². The van der Waals surface area contributed by atoms with Crippen molar-refractivity contribution in [2.24, 2.45) is 0 Å². The largest absolute Gasteiger partial charge is 0.321 e. The average Bonchev–Trinajstić information content (AvgIpc) is 3.17. The van der Waals surface area contributed by atoms with Crippen molar-refractivity contribution in [3.05, 3.63) is 69.3 Å². The van der Waals surface area contributed by atoms with Crippen LogP contribution in [0.1, 0.15) is 35.6 Å². The van der Waals surface area contributed by atoms with E-state index < -0.39 is 11.0 Å². The highest BCUT2D eigenvalue weighted by atomic mass is 16.6. The number of rotatable bonds is 6. The molecule has 0 radical (unpaired) electrons. The summed E-state index contributed by atoms with van der Waals surface area (Å²) in [7, 11) is 0. The van der Waals surface area contributed by atoms with Crippen molar-refractivity contribution in [1.29, 1.82) is 0 Å². The lowest BCUT2D eigenvalue weighted by Crippen LogP contribution is -2.25. The number of hydrogen-bond donors (Lipinski definition) is 1. The fourth-order valence-electron chi connectivity index (χ4n) is 3.11. The Morgan fingerprint density at radius 3 is 2.50 bits per heavy atom. The predicted molar refractivity (Wildman–Crippen MR) is 104 cm³/mol. The highest BCUT2D eigenvalue weighted by Gasteiger charge is 2.25. The Morgan fingerprint density at radius 1 is 1.21 bits per heavy atom. The Balaban J connectivity index is 1.80. The first-order valence-electron chi connectivity index (χ1n) is 8.87. The SMILES string of the molecule is Cc1nn(Cc2ccccc2)c(C)c1NC(=O)C(C)n1ncc([N+](=O)[O-])c1C. The van der Waals surface area contributed by atoms with Gasteiger partial charge in [0.1, 0.15) is 17.9 Å². The van der Waals surface area contributed by atoms with Crippen molar-refractivity contribution in [2.45, 2.75) is 40.3 Å².